The number of unbranched alkanes of at least 4 members (excludes halogenated alkanes) is 1. The Balaban J connectivity index is 1.62. The number of piperazine rings is 1. The summed E-state index contributed by atoms with van der Waals surface area (Å²) in [4.78, 5) is 14.6. The van der Waals surface area contributed by atoms with Gasteiger partial charge in [-0.1, -0.05) is 13.3 Å². The van der Waals surface area contributed by atoms with E-state index in [1.54, 1.807) is 5.48 Å². The number of ether oxygens (including phenoxy) is 2. The number of nitrogens with zero attached hydrogens (tertiary/aromatic N) is 2. The maximum absolute atomic E-state index is 13.3. The van der Waals surface area contributed by atoms with Crippen molar-refractivity contribution in [1.29, 1.82) is 0 Å². The van der Waals surface area contributed by atoms with E-state index in [0.29, 0.717) is 52.2 Å². The van der Waals surface area contributed by atoms with Crippen molar-refractivity contribution >= 4 is 22.6 Å². The summed E-state index contributed by atoms with van der Waals surface area (Å²) in [5.41, 5.74) is 3.95. The van der Waals surface area contributed by atoms with E-state index in [4.69, 9.17) is 9.47 Å². The smallest absolute Gasteiger partial charge is 0.263 e. The average Bonchev–Trinajstić information content (AvgIpc) is 2.79. The molecular weight excluding hydrogens is 406 g/mol. The molecule has 0 saturated carbocycles. The van der Waals surface area contributed by atoms with Gasteiger partial charge in [0.2, 0.25) is 0 Å². The number of nitrogens with one attached hydrogen (secondary N) is 1. The summed E-state index contributed by atoms with van der Waals surface area (Å²) in [5.74, 6) is 0.337. The Bertz CT molecular complexity index is 746. The van der Waals surface area contributed by atoms with Crippen LogP contribution in [0.5, 0.6) is 5.75 Å². The van der Waals surface area contributed by atoms with E-state index in [2.05, 4.69) is 30.9 Å². The van der Waals surface area contributed by atoms with Gasteiger partial charge in [-0.2, -0.15) is 0 Å². The first kappa shape index (κ1) is 23.0. The third kappa shape index (κ3) is 4.96. The zero-order valence-electron chi connectivity index (χ0n) is 17.9. The molecule has 0 aliphatic carbocycles. The van der Waals surface area contributed by atoms with E-state index >= 15 is 0 Å². The highest BCUT2D eigenvalue weighted by Crippen LogP contribution is 2.31. The molecule has 1 unspecified atom stereocenters. The summed E-state index contributed by atoms with van der Waals surface area (Å²) < 4.78 is 25.2. The first-order valence-corrected chi connectivity index (χ1v) is 11.8. The van der Waals surface area contributed by atoms with E-state index in [-0.39, 0.29) is 0 Å². The third-order valence-electron chi connectivity index (χ3n) is 5.90. The van der Waals surface area contributed by atoms with Crippen LogP contribution in [0.25, 0.3) is 0 Å². The van der Waals surface area contributed by atoms with E-state index in [1.807, 2.05) is 10.4 Å². The van der Waals surface area contributed by atoms with Gasteiger partial charge >= 0.3 is 0 Å². The molecule has 0 aromatic heterocycles. The van der Waals surface area contributed by atoms with E-state index < -0.39 is 21.6 Å². The van der Waals surface area contributed by atoms with Crippen LogP contribution in [0, 0.1) is 6.92 Å². The number of hydrogen-bond donors (Lipinski definition) is 2. The highest BCUT2D eigenvalue weighted by atomic mass is 32.2. The second-order valence-electron chi connectivity index (χ2n) is 7.86. The predicted octanol–water partition coefficient (Wildman–Crippen LogP) is 2.01. The van der Waals surface area contributed by atoms with E-state index in [0.717, 1.165) is 36.4 Å². The number of aryl methyl sites for hydroxylation is 1. The predicted molar refractivity (Wildman–Crippen MR) is 116 cm³/mol. The van der Waals surface area contributed by atoms with Crippen LogP contribution in [0.2, 0.25) is 0 Å². The number of hydroxylamine groups is 1. The topological polar surface area (TPSA) is 91.3 Å². The molecule has 0 spiro atoms. The molecule has 2 aliphatic rings. The van der Waals surface area contributed by atoms with Crippen molar-refractivity contribution in [1.82, 2.24) is 9.79 Å². The fraction of sp³-hybridized carbons (Fsp3) is 0.667. The maximum Gasteiger partial charge on any atom is 0.263 e. The minimum Gasteiger partial charge on any atom is -0.493 e. The number of carbonyl (C=O) groups excluding carboxylic acids is 1. The molecule has 2 N–H and O–H groups in total. The van der Waals surface area contributed by atoms with Crippen molar-refractivity contribution < 1.29 is 23.7 Å². The monoisotopic (exact) mass is 439 g/mol. The van der Waals surface area contributed by atoms with Gasteiger partial charge in [0.05, 0.1) is 6.61 Å². The standard InChI is InChI=1S/C21H33N3O5S/c1-3-4-13-29-19-6-5-18(16-17(19)2)23-9-11-24(12-10-23)30(27)21(20(25)22-26)7-14-28-15-8-21/h5-6,16,26H,3-4,7-15H2,1-2H3,(H,22,25). The van der Waals surface area contributed by atoms with Crippen molar-refractivity contribution in [3.8, 4) is 5.75 Å². The van der Waals surface area contributed by atoms with E-state index in [9.17, 15) is 14.2 Å². The average molecular weight is 440 g/mol. The highest BCUT2D eigenvalue weighted by Gasteiger charge is 2.48. The lowest BCUT2D eigenvalue weighted by Crippen LogP contribution is -2.59. The lowest BCUT2D eigenvalue weighted by atomic mass is 9.98. The Morgan fingerprint density at radius 1 is 1.27 bits per heavy atom. The molecule has 1 amide bonds. The maximum atomic E-state index is 13.3. The van der Waals surface area contributed by atoms with Gasteiger partial charge < -0.3 is 14.4 Å². The molecule has 2 saturated heterocycles. The van der Waals surface area contributed by atoms with Crippen LogP contribution in [0.1, 0.15) is 38.2 Å². The second-order valence-corrected chi connectivity index (χ2v) is 9.66. The second kappa shape index (κ2) is 10.6. The molecule has 0 radical (unpaired) electrons. The van der Waals surface area contributed by atoms with Gasteiger partial charge in [0.25, 0.3) is 5.91 Å². The van der Waals surface area contributed by atoms with Gasteiger partial charge in [-0.05, 0) is 49.9 Å². The van der Waals surface area contributed by atoms with Crippen molar-refractivity contribution in [2.45, 2.75) is 44.3 Å². The number of amides is 1. The Hall–Kier alpha value is -1.68. The van der Waals surface area contributed by atoms with Gasteiger partial charge in [-0.25, -0.2) is 14.0 Å². The number of anilines is 1. The molecule has 3 rings (SSSR count). The Kier molecular flexibility index (Phi) is 8.10. The first-order chi connectivity index (χ1) is 14.5. The fourth-order valence-corrected chi connectivity index (χ4v) is 5.67. The van der Waals surface area contributed by atoms with Crippen LogP contribution < -0.4 is 15.1 Å². The van der Waals surface area contributed by atoms with Crippen molar-refractivity contribution in [3.05, 3.63) is 23.8 Å². The van der Waals surface area contributed by atoms with Crippen LogP contribution in [0.3, 0.4) is 0 Å². The highest BCUT2D eigenvalue weighted by molar-refractivity contribution is 7.85. The zero-order valence-corrected chi connectivity index (χ0v) is 18.7. The third-order valence-corrected chi connectivity index (χ3v) is 8.00. The summed E-state index contributed by atoms with van der Waals surface area (Å²) in [5, 5.41) is 9.19. The minimum atomic E-state index is -1.53. The molecule has 1 atom stereocenters. The summed E-state index contributed by atoms with van der Waals surface area (Å²) >= 11 is 0. The number of rotatable bonds is 8. The molecule has 1 aromatic rings. The van der Waals surface area contributed by atoms with E-state index in [1.165, 1.54) is 0 Å². The molecule has 2 fully saturated rings. The molecule has 0 bridgehead atoms. The normalized spacial score (nSPS) is 20.6. The zero-order chi connectivity index (χ0) is 21.6. The summed E-state index contributed by atoms with van der Waals surface area (Å²) in [7, 11) is -1.53. The van der Waals surface area contributed by atoms with Crippen LogP contribution in [-0.2, 0) is 20.5 Å². The SMILES string of the molecule is CCCCOc1ccc(N2CCN(S(=O)C3(C(=O)NO)CCOCC3)CC2)cc1C. The van der Waals surface area contributed by atoms with Crippen LogP contribution >= 0.6 is 0 Å². The van der Waals surface area contributed by atoms with Crippen LogP contribution in [0.15, 0.2) is 18.2 Å². The molecule has 2 aliphatic heterocycles. The van der Waals surface area contributed by atoms with Crippen LogP contribution in [0.4, 0.5) is 5.69 Å². The Labute approximate surface area is 181 Å². The lowest BCUT2D eigenvalue weighted by Gasteiger charge is -2.41. The summed E-state index contributed by atoms with van der Waals surface area (Å²) in [6.45, 7) is 8.27. The van der Waals surface area contributed by atoms with Crippen LogP contribution in [-0.4, -0.2) is 70.4 Å². The van der Waals surface area contributed by atoms with Gasteiger partial charge in [0.1, 0.15) is 21.5 Å². The lowest BCUT2D eigenvalue weighted by molar-refractivity contribution is -0.134. The summed E-state index contributed by atoms with van der Waals surface area (Å²) in [6, 6.07) is 6.22. The Morgan fingerprint density at radius 2 is 1.97 bits per heavy atom. The fourth-order valence-electron chi connectivity index (χ4n) is 3.96. The molecule has 30 heavy (non-hydrogen) atoms. The molecule has 9 heteroatoms. The molecular formula is C21H33N3O5S. The van der Waals surface area contributed by atoms with Crippen molar-refractivity contribution in [2.24, 2.45) is 0 Å². The molecule has 2 heterocycles. The molecule has 168 valence electrons. The first-order valence-electron chi connectivity index (χ1n) is 10.7. The van der Waals surface area contributed by atoms with Crippen molar-refractivity contribution in [2.75, 3.05) is 50.9 Å². The quantitative estimate of drug-likeness (QED) is 0.366. The largest absolute Gasteiger partial charge is 0.493 e. The van der Waals surface area contributed by atoms with Gasteiger partial charge in [0.15, 0.2) is 0 Å². The van der Waals surface area contributed by atoms with Crippen molar-refractivity contribution in [3.63, 3.8) is 0 Å². The number of carbonyl (C=O) groups is 1. The van der Waals surface area contributed by atoms with Gasteiger partial charge in [-0.3, -0.25) is 10.0 Å². The summed E-state index contributed by atoms with van der Waals surface area (Å²) in [6.07, 6.45) is 2.83. The molecule has 8 nitrogen and oxygen atoms in total. The minimum absolute atomic E-state index is 0.338. The van der Waals surface area contributed by atoms with Gasteiger partial charge in [0, 0.05) is 45.1 Å². The van der Waals surface area contributed by atoms with Gasteiger partial charge in [-0.15, -0.1) is 0 Å². The molecule has 1 aromatic carbocycles. The Morgan fingerprint density at radius 3 is 2.57 bits per heavy atom. The number of benzene rings is 1. The number of hydrogen-bond acceptors (Lipinski definition) is 6.